The Labute approximate surface area is 166 Å². The molecule has 0 saturated carbocycles. The normalized spacial score (nSPS) is 15.7. The van der Waals surface area contributed by atoms with Crippen LogP contribution in [0.1, 0.15) is 26.3 Å². The Kier molecular flexibility index (Phi) is 6.85. The average molecular weight is 407 g/mol. The van der Waals surface area contributed by atoms with E-state index in [9.17, 15) is 19.2 Å². The molecule has 1 aromatic rings. The maximum absolute atomic E-state index is 12.5. The molecule has 1 heterocycles. The summed E-state index contributed by atoms with van der Waals surface area (Å²) >= 11 is 0.718. The number of rotatable bonds is 6. The zero-order valence-electron chi connectivity index (χ0n) is 16.0. The predicted molar refractivity (Wildman–Crippen MR) is 102 cm³/mol. The highest BCUT2D eigenvalue weighted by atomic mass is 32.2. The monoisotopic (exact) mass is 407 g/mol. The van der Waals surface area contributed by atoms with Gasteiger partial charge in [-0.25, -0.2) is 4.79 Å². The highest BCUT2D eigenvalue weighted by molar-refractivity contribution is 8.18. The number of para-hydroxylation sites is 1. The van der Waals surface area contributed by atoms with Crippen LogP contribution in [0.5, 0.6) is 5.75 Å². The third-order valence-electron chi connectivity index (χ3n) is 3.36. The van der Waals surface area contributed by atoms with E-state index in [1.807, 2.05) is 0 Å². The summed E-state index contributed by atoms with van der Waals surface area (Å²) in [6.45, 7) is 4.35. The van der Waals surface area contributed by atoms with Crippen molar-refractivity contribution in [2.45, 2.75) is 26.4 Å². The van der Waals surface area contributed by atoms with Gasteiger partial charge in [0.1, 0.15) is 17.9 Å². The standard InChI is InChI=1S/C19H21NO7S/c1-19(2,3)27-15(21)10-20-17(23)14(28-18(20)24)9-12-7-5-6-8-13(12)26-11-16(22)25-4/h5-9H,10-11H2,1-4H3/b14-9-. The SMILES string of the molecule is COC(=O)COc1ccccc1/C=C1\SC(=O)N(CC(=O)OC(C)(C)C)C1=O. The first-order chi connectivity index (χ1) is 13.1. The molecule has 8 nitrogen and oxygen atoms in total. The number of ether oxygens (including phenoxy) is 3. The molecule has 0 unspecified atom stereocenters. The van der Waals surface area contributed by atoms with E-state index in [-0.39, 0.29) is 11.5 Å². The van der Waals surface area contributed by atoms with Crippen molar-refractivity contribution < 1.29 is 33.4 Å². The zero-order chi connectivity index (χ0) is 20.9. The van der Waals surface area contributed by atoms with E-state index in [4.69, 9.17) is 9.47 Å². The molecular formula is C19H21NO7S. The number of hydrogen-bond donors (Lipinski definition) is 0. The van der Waals surface area contributed by atoms with Crippen LogP contribution in [0, 0.1) is 0 Å². The maximum Gasteiger partial charge on any atom is 0.343 e. The summed E-state index contributed by atoms with van der Waals surface area (Å²) < 4.78 is 15.1. The summed E-state index contributed by atoms with van der Waals surface area (Å²) in [5.41, 5.74) is -0.209. The number of carbonyl (C=O) groups excluding carboxylic acids is 4. The third kappa shape index (κ3) is 5.85. The summed E-state index contributed by atoms with van der Waals surface area (Å²) in [6, 6.07) is 6.73. The van der Waals surface area contributed by atoms with Gasteiger partial charge in [0, 0.05) is 5.56 Å². The van der Waals surface area contributed by atoms with Crippen molar-refractivity contribution in [2.24, 2.45) is 0 Å². The molecule has 0 aliphatic carbocycles. The van der Waals surface area contributed by atoms with Crippen LogP contribution in [0.2, 0.25) is 0 Å². The number of esters is 2. The number of benzene rings is 1. The van der Waals surface area contributed by atoms with Crippen LogP contribution < -0.4 is 4.74 Å². The van der Waals surface area contributed by atoms with Gasteiger partial charge in [0.05, 0.1) is 12.0 Å². The molecule has 0 radical (unpaired) electrons. The molecule has 150 valence electrons. The Bertz CT molecular complexity index is 826. The summed E-state index contributed by atoms with van der Waals surface area (Å²) in [7, 11) is 1.25. The molecule has 1 fully saturated rings. The molecule has 0 N–H and O–H groups in total. The van der Waals surface area contributed by atoms with Gasteiger partial charge < -0.3 is 14.2 Å². The molecule has 0 spiro atoms. The lowest BCUT2D eigenvalue weighted by Gasteiger charge is -2.21. The quantitative estimate of drug-likeness (QED) is 0.524. The van der Waals surface area contributed by atoms with Crippen molar-refractivity contribution in [1.29, 1.82) is 0 Å². The highest BCUT2D eigenvalue weighted by Gasteiger charge is 2.37. The summed E-state index contributed by atoms with van der Waals surface area (Å²) in [5, 5.41) is -0.560. The van der Waals surface area contributed by atoms with Gasteiger partial charge in [-0.15, -0.1) is 0 Å². The molecule has 9 heteroatoms. The van der Waals surface area contributed by atoms with E-state index in [1.165, 1.54) is 13.2 Å². The van der Waals surface area contributed by atoms with Crippen molar-refractivity contribution >= 4 is 40.9 Å². The van der Waals surface area contributed by atoms with Crippen molar-refractivity contribution in [2.75, 3.05) is 20.3 Å². The minimum atomic E-state index is -0.718. The van der Waals surface area contributed by atoms with E-state index >= 15 is 0 Å². The van der Waals surface area contributed by atoms with Gasteiger partial charge >= 0.3 is 11.9 Å². The number of thioether (sulfide) groups is 1. The number of amides is 2. The molecule has 0 atom stereocenters. The van der Waals surface area contributed by atoms with Crippen LogP contribution in [0.25, 0.3) is 6.08 Å². The van der Waals surface area contributed by atoms with Gasteiger partial charge in [0.25, 0.3) is 11.1 Å². The first kappa shape index (κ1) is 21.5. The third-order valence-corrected chi connectivity index (χ3v) is 4.27. The Morgan fingerprint density at radius 1 is 1.14 bits per heavy atom. The number of hydrogen-bond acceptors (Lipinski definition) is 8. The molecule has 1 aromatic carbocycles. The van der Waals surface area contributed by atoms with Gasteiger partial charge in [0.2, 0.25) is 0 Å². The number of imide groups is 1. The van der Waals surface area contributed by atoms with E-state index in [0.29, 0.717) is 11.3 Å². The minimum absolute atomic E-state index is 0.141. The second kappa shape index (κ2) is 8.92. The van der Waals surface area contributed by atoms with Gasteiger partial charge in [0.15, 0.2) is 6.61 Å². The molecule has 2 amide bonds. The molecule has 0 aromatic heterocycles. The number of methoxy groups -OCH3 is 1. The largest absolute Gasteiger partial charge is 0.481 e. The van der Waals surface area contributed by atoms with E-state index in [0.717, 1.165) is 16.7 Å². The fraction of sp³-hybridized carbons (Fsp3) is 0.368. The topological polar surface area (TPSA) is 99.2 Å². The van der Waals surface area contributed by atoms with Crippen molar-refractivity contribution in [3.8, 4) is 5.75 Å². The fourth-order valence-electron chi connectivity index (χ4n) is 2.21. The first-order valence-electron chi connectivity index (χ1n) is 8.36. The molecule has 28 heavy (non-hydrogen) atoms. The molecule has 1 saturated heterocycles. The Morgan fingerprint density at radius 2 is 1.82 bits per heavy atom. The summed E-state index contributed by atoms with van der Waals surface area (Å²) in [5.74, 6) is -1.46. The van der Waals surface area contributed by atoms with Gasteiger partial charge in [-0.05, 0) is 44.7 Å². The summed E-state index contributed by atoms with van der Waals surface area (Å²) in [6.07, 6.45) is 1.48. The Morgan fingerprint density at radius 3 is 2.46 bits per heavy atom. The van der Waals surface area contributed by atoms with Crippen molar-refractivity contribution in [1.82, 2.24) is 4.90 Å². The van der Waals surface area contributed by atoms with Crippen LogP contribution in [0.3, 0.4) is 0 Å². The van der Waals surface area contributed by atoms with E-state index in [1.54, 1.807) is 45.0 Å². The van der Waals surface area contributed by atoms with E-state index in [2.05, 4.69) is 4.74 Å². The second-order valence-electron chi connectivity index (χ2n) is 6.76. The smallest absolute Gasteiger partial charge is 0.343 e. The lowest BCUT2D eigenvalue weighted by atomic mass is 10.2. The Hall–Kier alpha value is -2.81. The van der Waals surface area contributed by atoms with Gasteiger partial charge in [-0.3, -0.25) is 19.3 Å². The number of carbonyl (C=O) groups is 4. The lowest BCUT2D eigenvalue weighted by molar-refractivity contribution is -0.156. The zero-order valence-corrected chi connectivity index (χ0v) is 16.8. The lowest BCUT2D eigenvalue weighted by Crippen LogP contribution is -2.37. The van der Waals surface area contributed by atoms with Crippen molar-refractivity contribution in [3.63, 3.8) is 0 Å². The Balaban J connectivity index is 2.15. The second-order valence-corrected chi connectivity index (χ2v) is 7.75. The maximum atomic E-state index is 12.5. The highest BCUT2D eigenvalue weighted by Crippen LogP contribution is 2.34. The van der Waals surface area contributed by atoms with Gasteiger partial charge in [-0.2, -0.15) is 0 Å². The van der Waals surface area contributed by atoms with Crippen molar-refractivity contribution in [3.05, 3.63) is 34.7 Å². The number of nitrogens with zero attached hydrogens (tertiary/aromatic N) is 1. The fourth-order valence-corrected chi connectivity index (χ4v) is 3.04. The molecule has 1 aliphatic rings. The van der Waals surface area contributed by atoms with Crippen LogP contribution >= 0.6 is 11.8 Å². The predicted octanol–water partition coefficient (Wildman–Crippen LogP) is 2.62. The molecule has 2 rings (SSSR count). The minimum Gasteiger partial charge on any atom is -0.481 e. The molecule has 0 bridgehead atoms. The average Bonchev–Trinajstić information content (AvgIpc) is 2.86. The van der Waals surface area contributed by atoms with Crippen LogP contribution in [0.15, 0.2) is 29.2 Å². The summed E-state index contributed by atoms with van der Waals surface area (Å²) in [4.78, 5) is 48.9. The molecular weight excluding hydrogens is 386 g/mol. The van der Waals surface area contributed by atoms with Crippen LogP contribution in [-0.2, 0) is 23.9 Å². The van der Waals surface area contributed by atoms with Crippen LogP contribution in [-0.4, -0.2) is 53.8 Å². The van der Waals surface area contributed by atoms with Gasteiger partial charge in [-0.1, -0.05) is 18.2 Å². The van der Waals surface area contributed by atoms with Crippen LogP contribution in [0.4, 0.5) is 4.79 Å². The first-order valence-corrected chi connectivity index (χ1v) is 9.18. The molecule has 1 aliphatic heterocycles. The van der Waals surface area contributed by atoms with E-state index < -0.39 is 35.2 Å².